The fourth-order valence-electron chi connectivity index (χ4n) is 0.690. The van der Waals surface area contributed by atoms with Crippen molar-refractivity contribution in [3.63, 3.8) is 0 Å². The van der Waals surface area contributed by atoms with Gasteiger partial charge in [-0.25, -0.2) is 4.98 Å². The van der Waals surface area contributed by atoms with Gasteiger partial charge in [-0.2, -0.15) is 0 Å². The smallest absolute Gasteiger partial charge is 0.268 e. The molecule has 0 unspecified atom stereocenters. The maximum absolute atomic E-state index is 10.6. The molecule has 1 aromatic rings. The number of aromatic nitrogens is 1. The zero-order valence-corrected chi connectivity index (χ0v) is 7.09. The molecule has 64 valence electrons. The lowest BCUT2D eigenvalue weighted by Gasteiger charge is -1.99. The first-order valence-corrected chi connectivity index (χ1v) is 3.95. The lowest BCUT2D eigenvalue weighted by atomic mass is 10.3. The highest BCUT2D eigenvalue weighted by molar-refractivity contribution is 7.09. The predicted octanol–water partition coefficient (Wildman–Crippen LogP) is 0.224. The van der Waals surface area contributed by atoms with Gasteiger partial charge in [-0.05, 0) is 6.92 Å². The van der Waals surface area contributed by atoms with Crippen LogP contribution in [0.25, 0.3) is 0 Å². The highest BCUT2D eigenvalue weighted by Crippen LogP contribution is 2.08. The zero-order chi connectivity index (χ0) is 9.14. The van der Waals surface area contributed by atoms with E-state index in [2.05, 4.69) is 10.1 Å². The maximum atomic E-state index is 10.6. The second-order valence-corrected chi connectivity index (χ2v) is 3.12. The fourth-order valence-corrected chi connectivity index (χ4v) is 1.29. The summed E-state index contributed by atoms with van der Waals surface area (Å²) in [5, 5.41) is 15.0. The second kappa shape index (κ2) is 3.31. The first-order valence-electron chi connectivity index (χ1n) is 3.07. The van der Waals surface area contributed by atoms with Gasteiger partial charge in [0, 0.05) is 5.38 Å². The Morgan fingerprint density at radius 1 is 1.83 bits per heavy atom. The number of aryl methyl sites for hydroxylation is 1. The molecule has 12 heavy (non-hydrogen) atoms. The molecule has 1 heterocycles. The number of hydrogen-bond donors (Lipinski definition) is 1. The lowest BCUT2D eigenvalue weighted by Crippen LogP contribution is -2.24. The molecule has 0 atom stereocenters. The Labute approximate surface area is 72.5 Å². The van der Waals surface area contributed by atoms with Gasteiger partial charge in [-0.15, -0.1) is 11.3 Å². The predicted molar refractivity (Wildman–Crippen MR) is 45.9 cm³/mol. The van der Waals surface area contributed by atoms with Crippen molar-refractivity contribution in [2.75, 3.05) is 0 Å². The molecular weight excluding hydrogens is 178 g/mol. The molecule has 1 amide bonds. The summed E-state index contributed by atoms with van der Waals surface area (Å²) in [5.41, 5.74) is 4.81. The highest BCUT2D eigenvalue weighted by atomic mass is 32.1. The van der Waals surface area contributed by atoms with Crippen molar-refractivity contribution >= 4 is 23.0 Å². The molecule has 0 radical (unpaired) electrons. The third kappa shape index (κ3) is 1.59. The molecule has 5 nitrogen and oxygen atoms in total. The minimum Gasteiger partial charge on any atom is -0.791 e. The molecule has 0 aromatic carbocycles. The summed E-state index contributed by atoms with van der Waals surface area (Å²) < 4.78 is 0. The molecular formula is C6H6N3O2S-. The van der Waals surface area contributed by atoms with E-state index in [0.717, 1.165) is 5.01 Å². The van der Waals surface area contributed by atoms with E-state index >= 15 is 0 Å². The molecule has 1 aromatic heterocycles. The average Bonchev–Trinajstić information content (AvgIpc) is 2.37. The third-order valence-corrected chi connectivity index (χ3v) is 1.96. The number of thiazole rings is 1. The van der Waals surface area contributed by atoms with E-state index in [1.807, 2.05) is 0 Å². The summed E-state index contributed by atoms with van der Waals surface area (Å²) in [6.07, 6.45) is 0. The molecule has 0 aliphatic rings. The van der Waals surface area contributed by atoms with Crippen LogP contribution >= 0.6 is 11.3 Å². The first kappa shape index (κ1) is 8.66. The van der Waals surface area contributed by atoms with Crippen LogP contribution in [0.3, 0.4) is 0 Å². The van der Waals surface area contributed by atoms with E-state index in [1.165, 1.54) is 11.3 Å². The van der Waals surface area contributed by atoms with Gasteiger partial charge in [0.15, 0.2) is 0 Å². The normalized spacial score (nSPS) is 11.6. The van der Waals surface area contributed by atoms with Gasteiger partial charge in [0.1, 0.15) is 11.4 Å². The van der Waals surface area contributed by atoms with Crippen LogP contribution < -0.4 is 5.73 Å². The van der Waals surface area contributed by atoms with Crippen LogP contribution in [0.15, 0.2) is 10.5 Å². The van der Waals surface area contributed by atoms with Gasteiger partial charge >= 0.3 is 0 Å². The molecule has 0 saturated heterocycles. The molecule has 2 N–H and O–H groups in total. The van der Waals surface area contributed by atoms with Crippen molar-refractivity contribution in [2.24, 2.45) is 10.9 Å². The van der Waals surface area contributed by atoms with Crippen molar-refractivity contribution in [1.82, 2.24) is 4.98 Å². The van der Waals surface area contributed by atoms with E-state index in [-0.39, 0.29) is 11.4 Å². The number of carbonyl (C=O) groups is 1. The summed E-state index contributed by atoms with van der Waals surface area (Å²) in [7, 11) is 0. The minimum atomic E-state index is -0.852. The van der Waals surface area contributed by atoms with E-state index in [4.69, 9.17) is 5.73 Å². The standard InChI is InChI=1S/C6H7N3O2S/c1-3-8-4(2-12-3)5(9-11)6(7)10/h2,11H,1H3,(H2,7,10)/p-1/b9-5+. The molecule has 1 rings (SSSR count). The minimum absolute atomic E-state index is 0.250. The summed E-state index contributed by atoms with van der Waals surface area (Å²) >= 11 is 1.33. The van der Waals surface area contributed by atoms with E-state index in [9.17, 15) is 10.0 Å². The van der Waals surface area contributed by atoms with E-state index < -0.39 is 5.91 Å². The van der Waals surface area contributed by atoms with Crippen LogP contribution in [0.5, 0.6) is 0 Å². The molecule has 0 fully saturated rings. The Bertz CT molecular complexity index is 331. The number of amides is 1. The van der Waals surface area contributed by atoms with Gasteiger partial charge in [-0.1, -0.05) is 0 Å². The Balaban J connectivity index is 3.04. The number of nitrogens with zero attached hydrogens (tertiary/aromatic N) is 2. The average molecular weight is 184 g/mol. The summed E-state index contributed by atoms with van der Waals surface area (Å²) in [4.78, 5) is 14.5. The van der Waals surface area contributed by atoms with E-state index in [0.29, 0.717) is 0 Å². The van der Waals surface area contributed by atoms with E-state index in [1.54, 1.807) is 12.3 Å². The van der Waals surface area contributed by atoms with Crippen LogP contribution in [0.2, 0.25) is 0 Å². The maximum Gasteiger partial charge on any atom is 0.268 e. The Kier molecular flexibility index (Phi) is 2.39. The van der Waals surface area contributed by atoms with Crippen LogP contribution in [-0.4, -0.2) is 16.6 Å². The topological polar surface area (TPSA) is 91.4 Å². The number of primary amides is 1. The van der Waals surface area contributed by atoms with Gasteiger partial charge in [-0.3, -0.25) is 4.79 Å². The highest BCUT2D eigenvalue weighted by Gasteiger charge is 2.10. The van der Waals surface area contributed by atoms with Crippen LogP contribution in [0, 0.1) is 12.1 Å². The molecule has 0 aliphatic carbocycles. The summed E-state index contributed by atoms with van der Waals surface area (Å²) in [5.74, 6) is -0.852. The van der Waals surface area contributed by atoms with Gasteiger partial charge in [0.25, 0.3) is 5.91 Å². The Hall–Kier alpha value is -1.43. The lowest BCUT2D eigenvalue weighted by molar-refractivity contribution is -0.111. The van der Waals surface area contributed by atoms with Gasteiger partial charge in [0.05, 0.1) is 5.01 Å². The van der Waals surface area contributed by atoms with Crippen molar-refractivity contribution in [1.29, 1.82) is 0 Å². The SMILES string of the molecule is Cc1nc(/C(=N\[O-])C(N)=O)cs1. The van der Waals surface area contributed by atoms with Gasteiger partial charge < -0.3 is 16.1 Å². The van der Waals surface area contributed by atoms with Crippen molar-refractivity contribution in [3.8, 4) is 0 Å². The molecule has 0 saturated carbocycles. The molecule has 0 aliphatic heterocycles. The summed E-state index contributed by atoms with van der Waals surface area (Å²) in [6, 6.07) is 0. The third-order valence-electron chi connectivity index (χ3n) is 1.19. The Morgan fingerprint density at radius 2 is 2.50 bits per heavy atom. The quantitative estimate of drug-likeness (QED) is 0.526. The second-order valence-electron chi connectivity index (χ2n) is 2.06. The molecule has 6 heteroatoms. The summed E-state index contributed by atoms with van der Waals surface area (Å²) in [6.45, 7) is 1.76. The number of rotatable bonds is 2. The van der Waals surface area contributed by atoms with Crippen LogP contribution in [0.4, 0.5) is 0 Å². The van der Waals surface area contributed by atoms with Crippen molar-refractivity contribution < 1.29 is 4.79 Å². The molecule has 0 spiro atoms. The number of nitrogens with two attached hydrogens (primary N) is 1. The zero-order valence-electron chi connectivity index (χ0n) is 6.27. The monoisotopic (exact) mass is 184 g/mol. The first-order chi connectivity index (χ1) is 5.65. The molecule has 0 bridgehead atoms. The fraction of sp³-hybridized carbons (Fsp3) is 0.167. The van der Waals surface area contributed by atoms with Crippen LogP contribution in [0.1, 0.15) is 10.7 Å². The van der Waals surface area contributed by atoms with Crippen molar-refractivity contribution in [2.45, 2.75) is 6.92 Å². The van der Waals surface area contributed by atoms with Crippen molar-refractivity contribution in [3.05, 3.63) is 21.3 Å². The van der Waals surface area contributed by atoms with Crippen LogP contribution in [-0.2, 0) is 4.79 Å². The Morgan fingerprint density at radius 3 is 2.83 bits per heavy atom. The number of hydrogen-bond acceptors (Lipinski definition) is 5. The number of carbonyl (C=O) groups excluding carboxylic acids is 1. The largest absolute Gasteiger partial charge is 0.791 e. The van der Waals surface area contributed by atoms with Gasteiger partial charge in [0.2, 0.25) is 0 Å².